The summed E-state index contributed by atoms with van der Waals surface area (Å²) in [6.07, 6.45) is 10.0. The molecule has 0 radical (unpaired) electrons. The summed E-state index contributed by atoms with van der Waals surface area (Å²) in [5, 5.41) is 10.5. The summed E-state index contributed by atoms with van der Waals surface area (Å²) in [4.78, 5) is 0. The van der Waals surface area contributed by atoms with Gasteiger partial charge >= 0.3 is 391 Å². The molecule has 1 nitrogen and oxygen atoms in total. The van der Waals surface area contributed by atoms with E-state index < -0.39 is 15.3 Å². The second-order valence-corrected chi connectivity index (χ2v) is 26.9. The zero-order valence-electron chi connectivity index (χ0n) is 43.0. The van der Waals surface area contributed by atoms with E-state index in [1.807, 2.05) is 17.9 Å². The number of benzene rings is 9. The molecule has 1 fully saturated rings. The van der Waals surface area contributed by atoms with Gasteiger partial charge in [-0.05, 0) is 12.5 Å². The van der Waals surface area contributed by atoms with Crippen molar-refractivity contribution in [2.24, 2.45) is 0 Å². The molecule has 0 amide bonds. The Bertz CT molecular complexity index is 3570. The van der Waals surface area contributed by atoms with Gasteiger partial charge in [-0.2, -0.15) is 0 Å². The van der Waals surface area contributed by atoms with Crippen LogP contribution in [0.3, 0.4) is 0 Å². The molecule has 0 unspecified atom stereocenters. The average Bonchev–Trinajstić information content (AvgIpc) is 4.30. The first-order valence-electron chi connectivity index (χ1n) is 26.3. The molecule has 9 aromatic rings. The Morgan fingerprint density at radius 3 is 1.29 bits per heavy atom. The van der Waals surface area contributed by atoms with E-state index in [0.717, 1.165) is 17.6 Å². The van der Waals surface area contributed by atoms with Crippen molar-refractivity contribution in [1.29, 1.82) is 0 Å². The molecule has 76 heavy (non-hydrogen) atoms. The van der Waals surface area contributed by atoms with Crippen molar-refractivity contribution in [3.05, 3.63) is 329 Å². The quantitative estimate of drug-likeness (QED) is 0.0779. The summed E-state index contributed by atoms with van der Waals surface area (Å²) in [5.41, 5.74) is 13.4. The van der Waals surface area contributed by atoms with E-state index in [0.29, 0.717) is 13.2 Å². The molecule has 9 aromatic carbocycles. The van der Waals surface area contributed by atoms with Gasteiger partial charge in [0.05, 0.1) is 0 Å². The van der Waals surface area contributed by atoms with Crippen molar-refractivity contribution in [3.63, 3.8) is 0 Å². The third-order valence-electron chi connectivity index (χ3n) is 14.9. The number of hydrogen-bond donors (Lipinski definition) is 0. The summed E-state index contributed by atoms with van der Waals surface area (Å²) in [6.45, 7) is 5.47. The Balaban J connectivity index is 1.26. The van der Waals surface area contributed by atoms with Crippen LogP contribution in [0.2, 0.25) is 0 Å². The first kappa shape index (κ1) is 50.6. The molecule has 0 spiro atoms. The fraction of sp³-hybridized carbons (Fsp3) is 0.0694. The van der Waals surface area contributed by atoms with Crippen LogP contribution >= 0.6 is 7.26 Å². The standard InChI is InChI=1S/C72H59OPSi.Os/c1-4-27-55-43-45-59(46-44-55)71-69(57-29-13-6-14-30-57)70(58-31-15-7-16-32-58)72(75(71,66-39-23-11-24-40-66)67-41-25-12-26-42-67)60-49-47-56(48-50-60)68(51-62-53-73-52-61(62)28-5-2)54(3)74(63-33-17-8-18-34-63,64-35-19-9-20-36-64)65-37-21-10-22-38-65;/h4,6-51H,5,52-53H2,1-2H3;/q+1;/b27-4+,61-28?,62-51?,68-54?;. The van der Waals surface area contributed by atoms with Crippen LogP contribution in [-0.4, -0.2) is 21.3 Å². The second-order valence-electron chi connectivity index (χ2n) is 19.2. The summed E-state index contributed by atoms with van der Waals surface area (Å²) >= 11 is 1.84. The maximum atomic E-state index is 6.29. The number of ether oxygens (including phenoxy) is 1. The Morgan fingerprint density at radius 2 is 0.882 bits per heavy atom. The van der Waals surface area contributed by atoms with Gasteiger partial charge in [0.25, 0.3) is 0 Å². The van der Waals surface area contributed by atoms with Gasteiger partial charge in [0.15, 0.2) is 0 Å². The molecule has 0 aliphatic carbocycles. The molecule has 0 bridgehead atoms. The Morgan fingerprint density at radius 1 is 0.487 bits per heavy atom. The normalized spacial score (nSPS) is 15.9. The van der Waals surface area contributed by atoms with E-state index in [1.54, 1.807) is 0 Å². The Kier molecular flexibility index (Phi) is 15.4. The van der Waals surface area contributed by atoms with Crippen molar-refractivity contribution in [1.82, 2.24) is 0 Å². The van der Waals surface area contributed by atoms with Crippen molar-refractivity contribution in [3.8, 4) is 4.37 Å². The predicted molar refractivity (Wildman–Crippen MR) is 325 cm³/mol. The molecule has 11 rings (SSSR count). The van der Waals surface area contributed by atoms with Crippen LogP contribution in [0.15, 0.2) is 296 Å². The fourth-order valence-electron chi connectivity index (χ4n) is 11.7. The zero-order chi connectivity index (χ0) is 51.7. The van der Waals surface area contributed by atoms with Gasteiger partial charge < -0.3 is 0 Å². The summed E-state index contributed by atoms with van der Waals surface area (Å²) in [7, 11) is -5.84. The minimum atomic E-state index is -3.25. The Hall–Kier alpha value is -7.56. The number of allylic oxidation sites excluding steroid dienone is 7. The molecule has 0 atom stereocenters. The van der Waals surface area contributed by atoms with Crippen LogP contribution in [0.1, 0.15) is 53.6 Å². The Labute approximate surface area is 461 Å². The average molecular weight is 1190 g/mol. The molecule has 0 aromatic heterocycles. The zero-order valence-corrected chi connectivity index (χ0v) is 47.4. The third kappa shape index (κ3) is 9.35. The predicted octanol–water partition coefficient (Wildman–Crippen LogP) is 15.1. The van der Waals surface area contributed by atoms with Gasteiger partial charge in [-0.25, -0.2) is 0 Å². The van der Waals surface area contributed by atoms with E-state index >= 15 is 0 Å². The van der Waals surface area contributed by atoms with Crippen molar-refractivity contribution < 1.29 is 22.7 Å². The van der Waals surface area contributed by atoms with E-state index in [-0.39, 0.29) is 0 Å². The molecule has 0 N–H and O–H groups in total. The monoisotopic (exact) mass is 1190 g/mol. The van der Waals surface area contributed by atoms with Gasteiger partial charge in [-0.15, -0.1) is 0 Å². The van der Waals surface area contributed by atoms with Crippen LogP contribution < -0.4 is 26.3 Å². The van der Waals surface area contributed by atoms with E-state index in [4.69, 9.17) is 4.74 Å². The first-order valence-corrected chi connectivity index (χ1v) is 31.4. The molecule has 1 saturated heterocycles. The topological polar surface area (TPSA) is 9.23 Å². The summed E-state index contributed by atoms with van der Waals surface area (Å²) in [6, 6.07) is 97.8. The molecule has 4 heteroatoms. The first-order chi connectivity index (χ1) is 37.6. The smallest absolute Gasteiger partial charge is 0.0544 e. The third-order valence-corrected chi connectivity index (χ3v) is 25.2. The van der Waals surface area contributed by atoms with E-state index in [9.17, 15) is 0 Å². The van der Waals surface area contributed by atoms with Gasteiger partial charge in [-0.1, -0.05) is 60.7 Å². The van der Waals surface area contributed by atoms with Crippen LogP contribution in [0.5, 0.6) is 0 Å². The number of rotatable bonds is 14. The second kappa shape index (κ2) is 23.1. The van der Waals surface area contributed by atoms with Crippen LogP contribution in [0, 0.1) is 4.37 Å². The molecule has 2 aliphatic rings. The fourth-order valence-corrected chi connectivity index (χ4v) is 23.1. The number of hydrogen-bond acceptors (Lipinski definition) is 1. The molecular formula is C72H59OOsPSi+. The summed E-state index contributed by atoms with van der Waals surface area (Å²) in [5.74, 6) is 0. The van der Waals surface area contributed by atoms with Gasteiger partial charge in [0, 0.05) is 0 Å². The maximum absolute atomic E-state index is 6.29. The van der Waals surface area contributed by atoms with Crippen molar-refractivity contribution in [2.75, 3.05) is 13.2 Å². The van der Waals surface area contributed by atoms with Crippen molar-refractivity contribution in [2.45, 2.75) is 20.3 Å². The van der Waals surface area contributed by atoms with Gasteiger partial charge in [0.2, 0.25) is 0 Å². The van der Waals surface area contributed by atoms with E-state index in [1.165, 1.54) is 92.1 Å². The summed E-state index contributed by atoms with van der Waals surface area (Å²) < 4.78 is 10.3. The molecule has 369 valence electrons. The SMILES string of the molecule is C/C=C/c1ccc(C2=C(c3ccccc3)C(c3ccccc3)=C(c3ccc(C(C=C4COCC4=CCC)=C([C]#[Os])[P+](c4ccccc4)(c4ccccc4)c4ccccc4)cc3)[Si]2(c2ccccc2)c2ccccc2)cc1. The van der Waals surface area contributed by atoms with Crippen LogP contribution in [0.4, 0.5) is 0 Å². The molecular weight excluding hydrogens is 1130 g/mol. The minimum Gasteiger partial charge on any atom is -0.0544 e. The molecule has 2 aliphatic heterocycles. The van der Waals surface area contributed by atoms with Crippen molar-refractivity contribution >= 4 is 74.8 Å². The van der Waals surface area contributed by atoms with Crippen LogP contribution in [-0.2, 0) is 22.7 Å². The van der Waals surface area contributed by atoms with Gasteiger partial charge in [0.1, 0.15) is 0 Å². The van der Waals surface area contributed by atoms with Gasteiger partial charge in [-0.3, -0.25) is 0 Å². The molecule has 2 heterocycles. The molecule has 0 saturated carbocycles. The van der Waals surface area contributed by atoms with E-state index in [2.05, 4.69) is 303 Å². The minimum absolute atomic E-state index is 0.558. The van der Waals surface area contributed by atoms with Crippen LogP contribution in [0.25, 0.3) is 33.2 Å².